The van der Waals surface area contributed by atoms with Crippen molar-refractivity contribution in [2.24, 2.45) is 0 Å². The lowest BCUT2D eigenvalue weighted by Gasteiger charge is -1.97. The second-order valence-corrected chi connectivity index (χ2v) is 4.57. The minimum atomic E-state index is 0.111. The van der Waals surface area contributed by atoms with Crippen molar-refractivity contribution in [1.82, 2.24) is 0 Å². The van der Waals surface area contributed by atoms with E-state index in [9.17, 15) is 4.79 Å². The Morgan fingerprint density at radius 3 is 2.47 bits per heavy atom. The van der Waals surface area contributed by atoms with Crippen LogP contribution in [0.5, 0.6) is 0 Å². The second-order valence-electron chi connectivity index (χ2n) is 4.57. The lowest BCUT2D eigenvalue weighted by molar-refractivity contribution is 0.104. The van der Waals surface area contributed by atoms with Gasteiger partial charge in [-0.25, -0.2) is 0 Å². The van der Waals surface area contributed by atoms with Gasteiger partial charge in [-0.05, 0) is 29.3 Å². The van der Waals surface area contributed by atoms with Crippen molar-refractivity contribution >= 4 is 11.9 Å². The summed E-state index contributed by atoms with van der Waals surface area (Å²) in [6.45, 7) is 0. The molecule has 2 aromatic rings. The zero-order chi connectivity index (χ0) is 13.2. The average Bonchev–Trinajstić information content (AvgIpc) is 2.77. The van der Waals surface area contributed by atoms with Gasteiger partial charge in [0.1, 0.15) is 0 Å². The van der Waals surface area contributed by atoms with E-state index in [1.807, 2.05) is 42.5 Å². The first kappa shape index (κ1) is 11.4. The number of carbonyl (C=O) groups excluding carboxylic acids is 1. The van der Waals surface area contributed by atoms with Crippen molar-refractivity contribution in [3.63, 3.8) is 0 Å². The fraction of sp³-hybridized carbons (Fsp3) is 0.0588. The van der Waals surface area contributed by atoms with Crippen LogP contribution in [0.4, 0.5) is 0 Å². The number of carbonyl (C=O) groups is 1. The van der Waals surface area contributed by atoms with E-state index in [-0.39, 0.29) is 5.78 Å². The molecule has 0 saturated heterocycles. The van der Waals surface area contributed by atoms with Gasteiger partial charge in [0.05, 0.1) is 11.6 Å². The van der Waals surface area contributed by atoms with E-state index >= 15 is 0 Å². The molecule has 1 aliphatic carbocycles. The second kappa shape index (κ2) is 4.55. The van der Waals surface area contributed by atoms with Gasteiger partial charge in [0.15, 0.2) is 5.78 Å². The number of rotatable bonds is 1. The summed E-state index contributed by atoms with van der Waals surface area (Å²) < 4.78 is 0. The maximum absolute atomic E-state index is 12.2. The maximum atomic E-state index is 12.2. The summed E-state index contributed by atoms with van der Waals surface area (Å²) >= 11 is 0. The first-order valence-corrected chi connectivity index (χ1v) is 6.11. The first-order chi connectivity index (χ1) is 9.28. The van der Waals surface area contributed by atoms with Crippen LogP contribution < -0.4 is 0 Å². The Morgan fingerprint density at radius 1 is 1.05 bits per heavy atom. The molecule has 0 heterocycles. The molecule has 2 nitrogen and oxygen atoms in total. The number of hydrogen-bond acceptors (Lipinski definition) is 2. The topological polar surface area (TPSA) is 40.9 Å². The third kappa shape index (κ3) is 2.07. The summed E-state index contributed by atoms with van der Waals surface area (Å²) in [7, 11) is 0. The van der Waals surface area contributed by atoms with E-state index in [0.29, 0.717) is 12.0 Å². The molecule has 0 N–H and O–H groups in total. The molecule has 0 atom stereocenters. The van der Waals surface area contributed by atoms with Gasteiger partial charge in [-0.3, -0.25) is 4.79 Å². The molecular formula is C17H11NO. The van der Waals surface area contributed by atoms with Gasteiger partial charge >= 0.3 is 0 Å². The minimum Gasteiger partial charge on any atom is -0.289 e. The van der Waals surface area contributed by atoms with Gasteiger partial charge in [-0.1, -0.05) is 36.4 Å². The highest BCUT2D eigenvalue weighted by Gasteiger charge is 2.23. The molecule has 0 aliphatic heterocycles. The zero-order valence-electron chi connectivity index (χ0n) is 10.3. The first-order valence-electron chi connectivity index (χ1n) is 6.11. The molecule has 0 fully saturated rings. The molecule has 0 radical (unpaired) electrons. The summed E-state index contributed by atoms with van der Waals surface area (Å²) in [5.74, 6) is 0.111. The quantitative estimate of drug-likeness (QED) is 0.723. The molecular weight excluding hydrogens is 234 g/mol. The molecule has 1 aliphatic rings. The highest BCUT2D eigenvalue weighted by atomic mass is 16.1. The smallest absolute Gasteiger partial charge is 0.189 e. The Morgan fingerprint density at radius 2 is 1.79 bits per heavy atom. The Balaban J connectivity index is 1.94. The Bertz CT molecular complexity index is 718. The van der Waals surface area contributed by atoms with Crippen LogP contribution in [0.3, 0.4) is 0 Å². The lowest BCUT2D eigenvalue weighted by Crippen LogP contribution is -1.94. The van der Waals surface area contributed by atoms with Crippen molar-refractivity contribution in [3.8, 4) is 6.07 Å². The monoisotopic (exact) mass is 245 g/mol. The largest absolute Gasteiger partial charge is 0.289 e. The van der Waals surface area contributed by atoms with Crippen LogP contribution in [0.15, 0.2) is 54.1 Å². The van der Waals surface area contributed by atoms with E-state index in [1.165, 1.54) is 0 Å². The fourth-order valence-electron chi connectivity index (χ4n) is 2.33. The van der Waals surface area contributed by atoms with Crippen LogP contribution in [0.25, 0.3) is 6.08 Å². The molecule has 0 spiro atoms. The van der Waals surface area contributed by atoms with E-state index < -0.39 is 0 Å². The SMILES string of the molecule is N#Cc1ccc(/C=C2\Cc3ccccc3C2=O)cc1. The average molecular weight is 245 g/mol. The third-order valence-electron chi connectivity index (χ3n) is 3.32. The highest BCUT2D eigenvalue weighted by Crippen LogP contribution is 2.27. The number of Topliss-reactive ketones (excluding diaryl/α,β-unsaturated/α-hetero) is 1. The number of ketones is 1. The fourth-order valence-corrected chi connectivity index (χ4v) is 2.33. The van der Waals surface area contributed by atoms with Crippen LogP contribution in [-0.2, 0) is 6.42 Å². The van der Waals surface area contributed by atoms with Crippen molar-refractivity contribution in [1.29, 1.82) is 5.26 Å². The Hall–Kier alpha value is -2.66. The number of hydrogen-bond donors (Lipinski definition) is 0. The lowest BCUT2D eigenvalue weighted by atomic mass is 10.1. The number of allylic oxidation sites excluding steroid dienone is 1. The summed E-state index contributed by atoms with van der Waals surface area (Å²) in [5.41, 5.74) is 4.29. The summed E-state index contributed by atoms with van der Waals surface area (Å²) in [4.78, 5) is 12.2. The predicted octanol–water partition coefficient (Wildman–Crippen LogP) is 3.38. The molecule has 2 heteroatoms. The molecule has 0 bridgehead atoms. The van der Waals surface area contributed by atoms with Gasteiger partial charge in [-0.2, -0.15) is 5.26 Å². The van der Waals surface area contributed by atoms with Crippen LogP contribution in [-0.4, -0.2) is 5.78 Å². The standard InChI is InChI=1S/C17H11NO/c18-11-13-7-5-12(6-8-13)9-15-10-14-3-1-2-4-16(14)17(15)19/h1-9H,10H2/b15-9+. The van der Waals surface area contributed by atoms with E-state index in [0.717, 1.165) is 22.3 Å². The third-order valence-corrected chi connectivity index (χ3v) is 3.32. The molecule has 0 unspecified atom stereocenters. The highest BCUT2D eigenvalue weighted by molar-refractivity contribution is 6.15. The van der Waals surface area contributed by atoms with Crippen molar-refractivity contribution in [2.45, 2.75) is 6.42 Å². The molecule has 0 aromatic heterocycles. The number of nitriles is 1. The van der Waals surface area contributed by atoms with Gasteiger partial charge in [0.25, 0.3) is 0 Å². The van der Waals surface area contributed by atoms with E-state index in [4.69, 9.17) is 5.26 Å². The summed E-state index contributed by atoms with van der Waals surface area (Å²) in [6, 6.07) is 17.0. The molecule has 0 amide bonds. The number of nitrogens with zero attached hydrogens (tertiary/aromatic N) is 1. The van der Waals surface area contributed by atoms with Gasteiger partial charge in [0, 0.05) is 17.6 Å². The molecule has 2 aromatic carbocycles. The van der Waals surface area contributed by atoms with Crippen molar-refractivity contribution in [2.75, 3.05) is 0 Å². The molecule has 3 rings (SSSR count). The van der Waals surface area contributed by atoms with Crippen LogP contribution in [0.2, 0.25) is 0 Å². The van der Waals surface area contributed by atoms with E-state index in [2.05, 4.69) is 6.07 Å². The number of fused-ring (bicyclic) bond motifs is 1. The van der Waals surface area contributed by atoms with Gasteiger partial charge < -0.3 is 0 Å². The minimum absolute atomic E-state index is 0.111. The maximum Gasteiger partial charge on any atom is 0.189 e. The molecule has 90 valence electrons. The van der Waals surface area contributed by atoms with Crippen LogP contribution in [0, 0.1) is 11.3 Å². The van der Waals surface area contributed by atoms with Crippen molar-refractivity contribution in [3.05, 3.63) is 76.4 Å². The normalized spacial score (nSPS) is 15.3. The Labute approximate surface area is 111 Å². The molecule has 19 heavy (non-hydrogen) atoms. The van der Waals surface area contributed by atoms with Crippen LogP contribution >= 0.6 is 0 Å². The van der Waals surface area contributed by atoms with Gasteiger partial charge in [-0.15, -0.1) is 0 Å². The van der Waals surface area contributed by atoms with E-state index in [1.54, 1.807) is 12.1 Å². The molecule has 0 saturated carbocycles. The number of benzene rings is 2. The predicted molar refractivity (Wildman–Crippen MR) is 73.6 cm³/mol. The van der Waals surface area contributed by atoms with Gasteiger partial charge in [0.2, 0.25) is 0 Å². The Kier molecular flexibility index (Phi) is 2.74. The summed E-state index contributed by atoms with van der Waals surface area (Å²) in [6.07, 6.45) is 2.60. The zero-order valence-corrected chi connectivity index (χ0v) is 10.3. The summed E-state index contributed by atoms with van der Waals surface area (Å²) in [5, 5.41) is 8.75. The van der Waals surface area contributed by atoms with Crippen molar-refractivity contribution < 1.29 is 4.79 Å². The van der Waals surface area contributed by atoms with Crippen LogP contribution in [0.1, 0.15) is 27.0 Å².